The minimum Gasteiger partial charge on any atom is -0.426 e. The molecule has 1 N–H and O–H groups in total. The molecule has 1 aliphatic heterocycles. The lowest BCUT2D eigenvalue weighted by molar-refractivity contribution is -0.149. The van der Waals surface area contributed by atoms with Crippen molar-refractivity contribution in [2.45, 2.75) is 64.9 Å². The first kappa shape index (κ1) is 20.6. The van der Waals surface area contributed by atoms with Crippen LogP contribution in [-0.4, -0.2) is 37.3 Å². The van der Waals surface area contributed by atoms with Gasteiger partial charge in [-0.2, -0.15) is 0 Å². The summed E-state index contributed by atoms with van der Waals surface area (Å²) in [7, 11) is -2.00. The molecule has 144 valence electrons. The van der Waals surface area contributed by atoms with Gasteiger partial charge in [-0.3, -0.25) is 14.6 Å². The van der Waals surface area contributed by atoms with E-state index in [-0.39, 0.29) is 35.0 Å². The van der Waals surface area contributed by atoms with Gasteiger partial charge in [-0.1, -0.05) is 20.8 Å². The average molecular weight is 379 g/mol. The van der Waals surface area contributed by atoms with E-state index in [0.717, 1.165) is 0 Å². The van der Waals surface area contributed by atoms with Crippen LogP contribution in [0.2, 0.25) is 18.1 Å². The molecule has 6 nitrogen and oxygen atoms in total. The second-order valence-electron chi connectivity index (χ2n) is 8.54. The molecule has 2 rings (SSSR count). The minimum atomic E-state index is -2.00. The van der Waals surface area contributed by atoms with Gasteiger partial charge in [0.2, 0.25) is 5.91 Å². The first-order chi connectivity index (χ1) is 11.9. The summed E-state index contributed by atoms with van der Waals surface area (Å²) in [6, 6.07) is 2.98. The molecule has 0 bridgehead atoms. The Bertz CT molecular complexity index is 657. The SMILES string of the molecule is C[C@@H](O[Si](C)(C)C(C)(C)C)[C@H]1C(=O)N[C@@H]1[C@@H](C)C(=O)Oc1ccncc1. The minimum absolute atomic E-state index is 0.0584. The van der Waals surface area contributed by atoms with Crippen LogP contribution >= 0.6 is 0 Å². The number of rotatable bonds is 6. The summed E-state index contributed by atoms with van der Waals surface area (Å²) in [5.74, 6) is -0.791. The second kappa shape index (κ2) is 7.48. The van der Waals surface area contributed by atoms with E-state index in [9.17, 15) is 9.59 Å². The molecule has 4 atom stereocenters. The third-order valence-corrected chi connectivity index (χ3v) is 10.1. The van der Waals surface area contributed by atoms with E-state index in [0.29, 0.717) is 5.75 Å². The van der Waals surface area contributed by atoms with Crippen molar-refractivity contribution >= 4 is 20.2 Å². The van der Waals surface area contributed by atoms with Crippen LogP contribution < -0.4 is 10.1 Å². The number of esters is 1. The van der Waals surface area contributed by atoms with E-state index >= 15 is 0 Å². The number of nitrogens with one attached hydrogen (secondary N) is 1. The largest absolute Gasteiger partial charge is 0.426 e. The first-order valence-corrected chi connectivity index (χ1v) is 11.9. The van der Waals surface area contributed by atoms with Gasteiger partial charge in [0, 0.05) is 12.4 Å². The Morgan fingerprint density at radius 3 is 2.31 bits per heavy atom. The fraction of sp³-hybridized carbons (Fsp3) is 0.632. The van der Waals surface area contributed by atoms with Crippen LogP contribution in [0, 0.1) is 11.8 Å². The normalized spacial score (nSPS) is 22.8. The van der Waals surface area contributed by atoms with Gasteiger partial charge in [-0.05, 0) is 44.1 Å². The molecule has 1 aromatic rings. The molecule has 0 unspecified atom stereocenters. The third-order valence-electron chi connectivity index (χ3n) is 5.57. The number of hydrogen-bond donors (Lipinski definition) is 1. The molecule has 1 aliphatic rings. The van der Waals surface area contributed by atoms with Gasteiger partial charge in [0.25, 0.3) is 0 Å². The number of nitrogens with zero attached hydrogens (tertiary/aromatic N) is 1. The van der Waals surface area contributed by atoms with Gasteiger partial charge in [0.15, 0.2) is 8.32 Å². The summed E-state index contributed by atoms with van der Waals surface area (Å²) in [6.07, 6.45) is 2.89. The number of pyridine rings is 1. The fourth-order valence-electron chi connectivity index (χ4n) is 2.84. The maximum Gasteiger partial charge on any atom is 0.316 e. The Balaban J connectivity index is 2.03. The van der Waals surface area contributed by atoms with Crippen molar-refractivity contribution in [2.24, 2.45) is 11.8 Å². The molecule has 0 saturated carbocycles. The lowest BCUT2D eigenvalue weighted by atomic mass is 9.79. The number of aromatic nitrogens is 1. The highest BCUT2D eigenvalue weighted by Crippen LogP contribution is 2.39. The molecule has 0 radical (unpaired) electrons. The van der Waals surface area contributed by atoms with Crippen molar-refractivity contribution in [1.82, 2.24) is 10.3 Å². The molecule has 7 heteroatoms. The highest BCUT2D eigenvalue weighted by molar-refractivity contribution is 6.74. The number of carbonyl (C=O) groups excluding carboxylic acids is 2. The quantitative estimate of drug-likeness (QED) is 0.467. The van der Waals surface area contributed by atoms with E-state index in [1.165, 1.54) is 0 Å². The van der Waals surface area contributed by atoms with Crippen LogP contribution in [0.1, 0.15) is 34.6 Å². The number of amides is 1. The van der Waals surface area contributed by atoms with Crippen LogP contribution in [0.25, 0.3) is 0 Å². The van der Waals surface area contributed by atoms with Crippen LogP contribution in [0.4, 0.5) is 0 Å². The van der Waals surface area contributed by atoms with Crippen LogP contribution in [0.5, 0.6) is 5.75 Å². The summed E-state index contributed by atoms with van der Waals surface area (Å²) < 4.78 is 11.8. The zero-order chi connectivity index (χ0) is 19.7. The van der Waals surface area contributed by atoms with Gasteiger partial charge < -0.3 is 14.5 Å². The van der Waals surface area contributed by atoms with Crippen molar-refractivity contribution in [3.8, 4) is 5.75 Å². The van der Waals surface area contributed by atoms with Crippen molar-refractivity contribution < 1.29 is 18.8 Å². The molecule has 0 spiro atoms. The maximum atomic E-state index is 12.4. The summed E-state index contributed by atoms with van der Waals surface area (Å²) in [5.41, 5.74) is 0. The Hall–Kier alpha value is -1.73. The zero-order valence-corrected chi connectivity index (χ0v) is 17.7. The van der Waals surface area contributed by atoms with E-state index in [2.05, 4.69) is 44.2 Å². The Kier molecular flexibility index (Phi) is 5.92. The molecule has 1 fully saturated rings. The number of carbonyl (C=O) groups is 2. The fourth-order valence-corrected chi connectivity index (χ4v) is 4.26. The number of ether oxygens (including phenoxy) is 1. The molecule has 1 aromatic heterocycles. The Labute approximate surface area is 156 Å². The lowest BCUT2D eigenvalue weighted by Crippen LogP contribution is -2.67. The Morgan fingerprint density at radius 2 is 1.81 bits per heavy atom. The molecular weight excluding hydrogens is 348 g/mol. The highest BCUT2D eigenvalue weighted by Gasteiger charge is 2.50. The molecule has 0 aromatic carbocycles. The molecular formula is C19H30N2O4Si. The van der Waals surface area contributed by atoms with Crippen molar-refractivity contribution in [2.75, 3.05) is 0 Å². The summed E-state index contributed by atoms with van der Waals surface area (Å²) in [6.45, 7) is 14.5. The van der Waals surface area contributed by atoms with E-state index in [1.54, 1.807) is 31.5 Å². The van der Waals surface area contributed by atoms with E-state index in [1.807, 2.05) is 6.92 Å². The number of β-lactam (4-membered cyclic amide) rings is 1. The molecule has 26 heavy (non-hydrogen) atoms. The zero-order valence-electron chi connectivity index (χ0n) is 16.7. The lowest BCUT2D eigenvalue weighted by Gasteiger charge is -2.46. The van der Waals surface area contributed by atoms with Gasteiger partial charge >= 0.3 is 5.97 Å². The summed E-state index contributed by atoms with van der Waals surface area (Å²) in [4.78, 5) is 28.5. The van der Waals surface area contributed by atoms with E-state index in [4.69, 9.17) is 9.16 Å². The smallest absolute Gasteiger partial charge is 0.316 e. The highest BCUT2D eigenvalue weighted by atomic mass is 28.4. The van der Waals surface area contributed by atoms with Crippen LogP contribution in [-0.2, 0) is 14.0 Å². The standard InChI is InChI=1S/C19H30N2O4Si/c1-12(18(23)24-14-8-10-20-11-9-14)16-15(17(22)21-16)13(2)25-26(6,7)19(3,4)5/h8-13,15-16H,1-7H3,(H,21,22)/t12-,13-,15-,16-/m1/s1. The molecule has 2 heterocycles. The van der Waals surface area contributed by atoms with Crippen molar-refractivity contribution in [1.29, 1.82) is 0 Å². The molecule has 1 amide bonds. The van der Waals surface area contributed by atoms with Crippen molar-refractivity contribution in [3.63, 3.8) is 0 Å². The predicted molar refractivity (Wildman–Crippen MR) is 102 cm³/mol. The molecule has 0 aliphatic carbocycles. The Morgan fingerprint density at radius 1 is 1.23 bits per heavy atom. The predicted octanol–water partition coefficient (Wildman–Crippen LogP) is 3.15. The first-order valence-electron chi connectivity index (χ1n) is 9.04. The van der Waals surface area contributed by atoms with Gasteiger partial charge in [-0.25, -0.2) is 0 Å². The monoisotopic (exact) mass is 378 g/mol. The van der Waals surface area contributed by atoms with Crippen LogP contribution in [0.15, 0.2) is 24.5 Å². The second-order valence-corrected chi connectivity index (χ2v) is 13.3. The summed E-state index contributed by atoms with van der Waals surface area (Å²) in [5, 5.41) is 2.91. The topological polar surface area (TPSA) is 77.5 Å². The summed E-state index contributed by atoms with van der Waals surface area (Å²) >= 11 is 0. The maximum absolute atomic E-state index is 12.4. The van der Waals surface area contributed by atoms with E-state index < -0.39 is 14.2 Å². The van der Waals surface area contributed by atoms with Gasteiger partial charge in [0.1, 0.15) is 5.75 Å². The van der Waals surface area contributed by atoms with Crippen LogP contribution in [0.3, 0.4) is 0 Å². The number of hydrogen-bond acceptors (Lipinski definition) is 5. The average Bonchev–Trinajstić information content (AvgIpc) is 2.50. The molecule has 1 saturated heterocycles. The van der Waals surface area contributed by atoms with Gasteiger partial charge in [0.05, 0.1) is 24.0 Å². The third kappa shape index (κ3) is 4.32. The van der Waals surface area contributed by atoms with Crippen molar-refractivity contribution in [3.05, 3.63) is 24.5 Å². The van der Waals surface area contributed by atoms with Gasteiger partial charge in [-0.15, -0.1) is 0 Å².